The predicted molar refractivity (Wildman–Crippen MR) is 62.2 cm³/mol. The quantitative estimate of drug-likeness (QED) is 0.394. The van der Waals surface area contributed by atoms with Crippen LogP contribution in [-0.4, -0.2) is 12.6 Å². The predicted octanol–water partition coefficient (Wildman–Crippen LogP) is 2.94. The van der Waals surface area contributed by atoms with Crippen molar-refractivity contribution in [2.24, 2.45) is 5.41 Å². The number of allylic oxidation sites excluding steroid dienone is 1. The smallest absolute Gasteiger partial charge is 0.333 e. The van der Waals surface area contributed by atoms with Gasteiger partial charge in [-0.2, -0.15) is 0 Å². The fourth-order valence-electron chi connectivity index (χ4n) is 1.11. The Morgan fingerprint density at radius 1 is 1.53 bits per heavy atom. The molecule has 0 bridgehead atoms. The van der Waals surface area contributed by atoms with E-state index in [1.165, 1.54) is 0 Å². The first-order valence-electron chi connectivity index (χ1n) is 5.20. The fourth-order valence-corrected chi connectivity index (χ4v) is 1.11. The van der Waals surface area contributed by atoms with E-state index in [9.17, 15) is 4.79 Å². The number of hydrogen-bond acceptors (Lipinski definition) is 2. The molecule has 0 amide bonds. The lowest BCUT2D eigenvalue weighted by atomic mass is 9.85. The highest BCUT2D eigenvalue weighted by molar-refractivity contribution is 5.87. The second kappa shape index (κ2) is 6.29. The van der Waals surface area contributed by atoms with Gasteiger partial charge in [0, 0.05) is 12.0 Å². The molecule has 0 fully saturated rings. The van der Waals surface area contributed by atoms with Gasteiger partial charge in [0.25, 0.3) is 0 Å². The monoisotopic (exact) mass is 208 g/mol. The molecule has 2 heteroatoms. The Hall–Kier alpha value is -1.23. The van der Waals surface area contributed by atoms with Crippen molar-refractivity contribution in [2.45, 2.75) is 40.5 Å². The van der Waals surface area contributed by atoms with Gasteiger partial charge in [-0.25, -0.2) is 4.79 Å². The molecule has 15 heavy (non-hydrogen) atoms. The third-order valence-electron chi connectivity index (χ3n) is 2.14. The number of terminal acetylenes is 1. The minimum absolute atomic E-state index is 0.0442. The first-order valence-corrected chi connectivity index (χ1v) is 5.20. The molecule has 0 saturated heterocycles. The molecule has 0 aliphatic heterocycles. The molecule has 0 N–H and O–H groups in total. The average molecular weight is 208 g/mol. The van der Waals surface area contributed by atoms with Crippen molar-refractivity contribution < 1.29 is 9.53 Å². The van der Waals surface area contributed by atoms with Gasteiger partial charge in [-0.15, -0.1) is 12.3 Å². The van der Waals surface area contributed by atoms with Gasteiger partial charge in [0.15, 0.2) is 0 Å². The molecule has 0 aromatic carbocycles. The zero-order valence-corrected chi connectivity index (χ0v) is 10.1. The Labute approximate surface area is 92.7 Å². The summed E-state index contributed by atoms with van der Waals surface area (Å²) < 4.78 is 4.88. The minimum atomic E-state index is -0.242. The Morgan fingerprint density at radius 3 is 2.60 bits per heavy atom. The standard InChI is InChI=1S/C13H20O2/c1-6-9-13(4,5)10-8-11(3)12(14)15-7-2/h1,8H,7,9-10H2,2-5H3/b11-8+. The Kier molecular flexibility index (Phi) is 5.77. The maximum atomic E-state index is 11.3. The molecular weight excluding hydrogens is 188 g/mol. The number of ether oxygens (including phenoxy) is 1. The van der Waals surface area contributed by atoms with Gasteiger partial charge < -0.3 is 4.74 Å². The number of rotatable bonds is 5. The number of carbonyl (C=O) groups is 1. The summed E-state index contributed by atoms with van der Waals surface area (Å²) in [5.41, 5.74) is 0.699. The summed E-state index contributed by atoms with van der Waals surface area (Å²) in [5, 5.41) is 0. The van der Waals surface area contributed by atoms with Crippen molar-refractivity contribution in [3.8, 4) is 12.3 Å². The summed E-state index contributed by atoms with van der Waals surface area (Å²) in [5.74, 6) is 2.40. The van der Waals surface area contributed by atoms with E-state index >= 15 is 0 Å². The van der Waals surface area contributed by atoms with Crippen molar-refractivity contribution in [1.29, 1.82) is 0 Å². The van der Waals surface area contributed by atoms with Gasteiger partial charge in [0.05, 0.1) is 6.61 Å². The molecule has 0 rings (SSSR count). The van der Waals surface area contributed by atoms with Crippen LogP contribution >= 0.6 is 0 Å². The average Bonchev–Trinajstić information content (AvgIpc) is 2.14. The molecule has 0 unspecified atom stereocenters. The van der Waals surface area contributed by atoms with Crippen LogP contribution in [0.2, 0.25) is 0 Å². The van der Waals surface area contributed by atoms with Crippen molar-refractivity contribution in [3.05, 3.63) is 11.6 Å². The van der Waals surface area contributed by atoms with Crippen LogP contribution in [0.3, 0.4) is 0 Å². The number of hydrogen-bond donors (Lipinski definition) is 0. The van der Waals surface area contributed by atoms with Gasteiger partial charge in [-0.1, -0.05) is 19.9 Å². The highest BCUT2D eigenvalue weighted by atomic mass is 16.5. The van der Waals surface area contributed by atoms with Crippen molar-refractivity contribution in [2.75, 3.05) is 6.61 Å². The second-order valence-electron chi connectivity index (χ2n) is 4.36. The van der Waals surface area contributed by atoms with E-state index in [4.69, 9.17) is 11.2 Å². The van der Waals surface area contributed by atoms with Crippen LogP contribution in [-0.2, 0) is 9.53 Å². The lowest BCUT2D eigenvalue weighted by Crippen LogP contribution is -2.10. The molecule has 0 aliphatic carbocycles. The fraction of sp³-hybridized carbons (Fsp3) is 0.615. The summed E-state index contributed by atoms with van der Waals surface area (Å²) in [4.78, 5) is 11.3. The van der Waals surface area contributed by atoms with E-state index in [1.54, 1.807) is 13.8 Å². The highest BCUT2D eigenvalue weighted by Crippen LogP contribution is 2.25. The Morgan fingerprint density at radius 2 is 2.13 bits per heavy atom. The third-order valence-corrected chi connectivity index (χ3v) is 2.14. The van der Waals surface area contributed by atoms with E-state index < -0.39 is 0 Å². The normalized spacial score (nSPS) is 12.1. The minimum Gasteiger partial charge on any atom is -0.463 e. The van der Waals surface area contributed by atoms with Crippen LogP contribution in [0.1, 0.15) is 40.5 Å². The van der Waals surface area contributed by atoms with Crippen molar-refractivity contribution in [3.63, 3.8) is 0 Å². The zero-order chi connectivity index (χ0) is 11.9. The van der Waals surface area contributed by atoms with Gasteiger partial charge in [0.2, 0.25) is 0 Å². The lowest BCUT2D eigenvalue weighted by Gasteiger charge is -2.19. The van der Waals surface area contributed by atoms with Crippen LogP contribution in [0.25, 0.3) is 0 Å². The molecule has 2 nitrogen and oxygen atoms in total. The molecule has 0 aliphatic rings. The van der Waals surface area contributed by atoms with E-state index in [1.807, 2.05) is 6.08 Å². The van der Waals surface area contributed by atoms with E-state index in [2.05, 4.69) is 19.8 Å². The molecule has 0 aromatic rings. The molecule has 0 saturated carbocycles. The molecule has 0 atom stereocenters. The van der Waals surface area contributed by atoms with Crippen LogP contribution in [0.15, 0.2) is 11.6 Å². The number of carbonyl (C=O) groups excluding carboxylic acids is 1. The maximum absolute atomic E-state index is 11.3. The van der Waals surface area contributed by atoms with Crippen molar-refractivity contribution in [1.82, 2.24) is 0 Å². The molecule has 0 heterocycles. The van der Waals surface area contributed by atoms with E-state index in [-0.39, 0.29) is 11.4 Å². The van der Waals surface area contributed by atoms with Gasteiger partial charge in [0.1, 0.15) is 0 Å². The SMILES string of the molecule is C#CCC(C)(C)C/C=C(\C)C(=O)OCC. The summed E-state index contributed by atoms with van der Waals surface area (Å²) in [6.45, 7) is 8.15. The topological polar surface area (TPSA) is 26.3 Å². The highest BCUT2D eigenvalue weighted by Gasteiger charge is 2.15. The van der Waals surface area contributed by atoms with Crippen LogP contribution in [0, 0.1) is 17.8 Å². The summed E-state index contributed by atoms with van der Waals surface area (Å²) in [6, 6.07) is 0. The van der Waals surface area contributed by atoms with E-state index in [0.29, 0.717) is 18.6 Å². The lowest BCUT2D eigenvalue weighted by molar-refractivity contribution is -0.138. The first-order chi connectivity index (χ1) is 6.93. The summed E-state index contributed by atoms with van der Waals surface area (Å²) in [7, 11) is 0. The summed E-state index contributed by atoms with van der Waals surface area (Å²) >= 11 is 0. The summed E-state index contributed by atoms with van der Waals surface area (Å²) in [6.07, 6.45) is 8.67. The van der Waals surface area contributed by atoms with Crippen LogP contribution in [0.5, 0.6) is 0 Å². The Bertz CT molecular complexity index is 279. The molecule has 0 aromatic heterocycles. The Balaban J connectivity index is 4.28. The molecule has 0 radical (unpaired) electrons. The van der Waals surface area contributed by atoms with Gasteiger partial charge in [-0.05, 0) is 25.7 Å². The molecular formula is C13H20O2. The van der Waals surface area contributed by atoms with Gasteiger partial charge >= 0.3 is 5.97 Å². The largest absolute Gasteiger partial charge is 0.463 e. The van der Waals surface area contributed by atoms with Gasteiger partial charge in [-0.3, -0.25) is 0 Å². The molecule has 84 valence electrons. The van der Waals surface area contributed by atoms with E-state index in [0.717, 1.165) is 6.42 Å². The molecule has 0 spiro atoms. The zero-order valence-electron chi connectivity index (χ0n) is 10.1. The van der Waals surface area contributed by atoms with Crippen LogP contribution in [0.4, 0.5) is 0 Å². The number of esters is 1. The second-order valence-corrected chi connectivity index (χ2v) is 4.36. The van der Waals surface area contributed by atoms with Crippen LogP contribution < -0.4 is 0 Å². The van der Waals surface area contributed by atoms with Crippen molar-refractivity contribution >= 4 is 5.97 Å². The third kappa shape index (κ3) is 5.96. The first kappa shape index (κ1) is 13.8. The maximum Gasteiger partial charge on any atom is 0.333 e.